The molecular weight excluding hydrogens is 243 g/mol. The molecule has 0 radical (unpaired) electrons. The highest BCUT2D eigenvalue weighted by Gasteiger charge is 2.09. The Morgan fingerprint density at radius 1 is 1.32 bits per heavy atom. The minimum atomic E-state index is -0.278. The van der Waals surface area contributed by atoms with Crippen molar-refractivity contribution < 1.29 is 9.18 Å². The minimum absolute atomic E-state index is 0.00215. The molecule has 0 aliphatic heterocycles. The molecule has 1 rings (SSSR count). The van der Waals surface area contributed by atoms with E-state index in [1.54, 1.807) is 6.07 Å². The van der Waals surface area contributed by atoms with Crippen molar-refractivity contribution in [2.24, 2.45) is 0 Å². The first-order valence-electron chi connectivity index (χ1n) is 6.77. The number of carbonyl (C=O) groups excluding carboxylic acids is 1. The fourth-order valence-electron chi connectivity index (χ4n) is 1.81. The molecule has 0 heterocycles. The monoisotopic (exact) mass is 266 g/mol. The lowest BCUT2D eigenvalue weighted by atomic mass is 10.1. The van der Waals surface area contributed by atoms with Crippen molar-refractivity contribution in [1.29, 1.82) is 0 Å². The highest BCUT2D eigenvalue weighted by Crippen LogP contribution is 2.13. The predicted octanol–water partition coefficient (Wildman–Crippen LogP) is 2.78. The largest absolute Gasteiger partial charge is 0.350 e. The predicted molar refractivity (Wildman–Crippen MR) is 75.3 cm³/mol. The first kappa shape index (κ1) is 15.6. The maximum atomic E-state index is 13.1. The van der Waals surface area contributed by atoms with Gasteiger partial charge in [0.1, 0.15) is 5.82 Å². The van der Waals surface area contributed by atoms with Crippen LogP contribution in [0.15, 0.2) is 24.3 Å². The van der Waals surface area contributed by atoms with Gasteiger partial charge in [-0.2, -0.15) is 0 Å². The summed E-state index contributed by atoms with van der Waals surface area (Å²) in [5.41, 5.74) is 0.786. The number of amides is 1. The Morgan fingerprint density at radius 2 is 2.05 bits per heavy atom. The average molecular weight is 266 g/mol. The second-order valence-electron chi connectivity index (χ2n) is 5.06. The SMILES string of the molecule is CC(C)NCCCC(=O)N[C@@H](C)c1cccc(F)c1. The molecule has 0 unspecified atom stereocenters. The van der Waals surface area contributed by atoms with Gasteiger partial charge in [0, 0.05) is 12.5 Å². The lowest BCUT2D eigenvalue weighted by Crippen LogP contribution is -2.28. The second-order valence-corrected chi connectivity index (χ2v) is 5.06. The molecule has 0 bridgehead atoms. The molecule has 0 aromatic heterocycles. The van der Waals surface area contributed by atoms with Gasteiger partial charge in [0.25, 0.3) is 0 Å². The molecule has 1 amide bonds. The Balaban J connectivity index is 2.32. The van der Waals surface area contributed by atoms with Crippen LogP contribution >= 0.6 is 0 Å². The third-order valence-electron chi connectivity index (χ3n) is 2.86. The summed E-state index contributed by atoms with van der Waals surface area (Å²) < 4.78 is 13.1. The summed E-state index contributed by atoms with van der Waals surface area (Å²) in [4.78, 5) is 11.7. The van der Waals surface area contributed by atoms with Gasteiger partial charge >= 0.3 is 0 Å². The van der Waals surface area contributed by atoms with E-state index < -0.39 is 0 Å². The van der Waals surface area contributed by atoms with E-state index in [0.29, 0.717) is 12.5 Å². The first-order chi connectivity index (χ1) is 8.99. The summed E-state index contributed by atoms with van der Waals surface area (Å²) in [6, 6.07) is 6.59. The fourth-order valence-corrected chi connectivity index (χ4v) is 1.81. The molecule has 106 valence electrons. The summed E-state index contributed by atoms with van der Waals surface area (Å²) in [7, 11) is 0. The van der Waals surface area contributed by atoms with Crippen molar-refractivity contribution in [3.05, 3.63) is 35.6 Å². The Morgan fingerprint density at radius 3 is 2.68 bits per heavy atom. The lowest BCUT2D eigenvalue weighted by Gasteiger charge is -2.14. The van der Waals surface area contributed by atoms with Crippen molar-refractivity contribution >= 4 is 5.91 Å². The van der Waals surface area contributed by atoms with Gasteiger partial charge in [-0.3, -0.25) is 4.79 Å². The molecule has 0 fully saturated rings. The topological polar surface area (TPSA) is 41.1 Å². The second kappa shape index (κ2) is 7.89. The van der Waals surface area contributed by atoms with Gasteiger partial charge in [-0.15, -0.1) is 0 Å². The summed E-state index contributed by atoms with van der Waals surface area (Å²) in [6.07, 6.45) is 1.29. The van der Waals surface area contributed by atoms with Crippen LogP contribution in [0.5, 0.6) is 0 Å². The molecule has 1 aromatic rings. The molecule has 19 heavy (non-hydrogen) atoms. The molecule has 0 aliphatic rings. The minimum Gasteiger partial charge on any atom is -0.350 e. The summed E-state index contributed by atoms with van der Waals surface area (Å²) in [5, 5.41) is 6.14. The van der Waals surface area contributed by atoms with Gasteiger partial charge in [-0.05, 0) is 37.6 Å². The Hall–Kier alpha value is -1.42. The Kier molecular flexibility index (Phi) is 6.50. The highest BCUT2D eigenvalue weighted by atomic mass is 19.1. The molecule has 0 saturated carbocycles. The van der Waals surface area contributed by atoms with Crippen LogP contribution in [0.1, 0.15) is 45.2 Å². The van der Waals surface area contributed by atoms with Crippen molar-refractivity contribution in [2.45, 2.75) is 45.7 Å². The molecule has 4 heteroatoms. The zero-order valence-electron chi connectivity index (χ0n) is 11.9. The number of halogens is 1. The lowest BCUT2D eigenvalue weighted by molar-refractivity contribution is -0.121. The standard InChI is InChI=1S/C15H23FN2O/c1-11(2)17-9-5-8-15(19)18-12(3)13-6-4-7-14(16)10-13/h4,6-7,10-12,17H,5,8-9H2,1-3H3,(H,18,19)/t12-/m0/s1. The van der Waals surface area contributed by atoms with Crippen molar-refractivity contribution in [2.75, 3.05) is 6.54 Å². The van der Waals surface area contributed by atoms with Crippen LogP contribution in [0.3, 0.4) is 0 Å². The van der Waals surface area contributed by atoms with Crippen LogP contribution < -0.4 is 10.6 Å². The number of rotatable bonds is 7. The quantitative estimate of drug-likeness (QED) is 0.745. The van der Waals surface area contributed by atoms with Crippen LogP contribution in [0.2, 0.25) is 0 Å². The molecule has 0 aliphatic carbocycles. The van der Waals surface area contributed by atoms with E-state index in [4.69, 9.17) is 0 Å². The molecular formula is C15H23FN2O. The number of hydrogen-bond donors (Lipinski definition) is 2. The van der Waals surface area contributed by atoms with Crippen molar-refractivity contribution in [3.8, 4) is 0 Å². The van der Waals surface area contributed by atoms with Gasteiger partial charge in [-0.25, -0.2) is 4.39 Å². The molecule has 1 atom stereocenters. The number of nitrogens with one attached hydrogen (secondary N) is 2. The summed E-state index contributed by atoms with van der Waals surface area (Å²) in [6.45, 7) is 6.84. The van der Waals surface area contributed by atoms with Crippen molar-refractivity contribution in [3.63, 3.8) is 0 Å². The fraction of sp³-hybridized carbons (Fsp3) is 0.533. The third-order valence-corrected chi connectivity index (χ3v) is 2.86. The molecule has 0 saturated heterocycles. The third kappa shape index (κ3) is 6.34. The Bertz CT molecular complexity index is 407. The van der Waals surface area contributed by atoms with Crippen LogP contribution in [-0.4, -0.2) is 18.5 Å². The van der Waals surface area contributed by atoms with Gasteiger partial charge in [0.2, 0.25) is 5.91 Å². The normalized spacial score (nSPS) is 12.5. The highest BCUT2D eigenvalue weighted by molar-refractivity contribution is 5.76. The first-order valence-corrected chi connectivity index (χ1v) is 6.77. The number of hydrogen-bond acceptors (Lipinski definition) is 2. The summed E-state index contributed by atoms with van der Waals surface area (Å²) in [5.74, 6) is -0.276. The van der Waals surface area contributed by atoms with E-state index in [1.807, 2.05) is 13.0 Å². The van der Waals surface area contributed by atoms with E-state index in [-0.39, 0.29) is 17.8 Å². The maximum Gasteiger partial charge on any atom is 0.220 e. The van der Waals surface area contributed by atoms with E-state index in [0.717, 1.165) is 18.5 Å². The number of carbonyl (C=O) groups is 1. The van der Waals surface area contributed by atoms with E-state index in [2.05, 4.69) is 24.5 Å². The van der Waals surface area contributed by atoms with Gasteiger partial charge in [0.15, 0.2) is 0 Å². The molecule has 2 N–H and O–H groups in total. The van der Waals surface area contributed by atoms with Gasteiger partial charge in [0.05, 0.1) is 6.04 Å². The smallest absolute Gasteiger partial charge is 0.220 e. The van der Waals surface area contributed by atoms with Crippen LogP contribution in [-0.2, 0) is 4.79 Å². The molecule has 0 spiro atoms. The van der Waals surface area contributed by atoms with Crippen LogP contribution in [0, 0.1) is 5.82 Å². The van der Waals surface area contributed by atoms with Gasteiger partial charge < -0.3 is 10.6 Å². The zero-order chi connectivity index (χ0) is 14.3. The molecule has 1 aromatic carbocycles. The van der Waals surface area contributed by atoms with Gasteiger partial charge in [-0.1, -0.05) is 26.0 Å². The van der Waals surface area contributed by atoms with E-state index in [9.17, 15) is 9.18 Å². The number of benzene rings is 1. The van der Waals surface area contributed by atoms with Crippen LogP contribution in [0.4, 0.5) is 4.39 Å². The zero-order valence-corrected chi connectivity index (χ0v) is 11.9. The maximum absolute atomic E-state index is 13.1. The molecule has 3 nitrogen and oxygen atoms in total. The Labute approximate surface area is 114 Å². The summed E-state index contributed by atoms with van der Waals surface area (Å²) >= 11 is 0. The van der Waals surface area contributed by atoms with E-state index >= 15 is 0 Å². The van der Waals surface area contributed by atoms with Crippen molar-refractivity contribution in [1.82, 2.24) is 10.6 Å². The average Bonchev–Trinajstić information content (AvgIpc) is 2.34. The van der Waals surface area contributed by atoms with E-state index in [1.165, 1.54) is 12.1 Å². The van der Waals surface area contributed by atoms with Crippen LogP contribution in [0.25, 0.3) is 0 Å².